The Labute approximate surface area is 120 Å². The first kappa shape index (κ1) is 14.0. The van der Waals surface area contributed by atoms with Gasteiger partial charge in [-0.2, -0.15) is 0 Å². The maximum atomic E-state index is 11.7. The number of aryl methyl sites for hydroxylation is 1. The topological polar surface area (TPSA) is 57.8 Å². The number of rotatable bonds is 4. The number of aromatic amines is 1. The lowest BCUT2D eigenvalue weighted by atomic mass is 10.1. The second-order valence-electron chi connectivity index (χ2n) is 4.32. The first-order chi connectivity index (χ1) is 9.10. The van der Waals surface area contributed by atoms with E-state index < -0.39 is 0 Å². The van der Waals surface area contributed by atoms with Crippen LogP contribution in [0, 0.1) is 6.92 Å². The summed E-state index contributed by atoms with van der Waals surface area (Å²) in [5, 5.41) is 3.17. The Bertz CT molecular complexity index is 637. The molecule has 5 heteroatoms. The zero-order valence-electron chi connectivity index (χ0n) is 11.0. The van der Waals surface area contributed by atoms with Crippen molar-refractivity contribution in [2.75, 3.05) is 6.54 Å². The molecule has 0 radical (unpaired) electrons. The fourth-order valence-corrected chi connectivity index (χ4v) is 2.35. The summed E-state index contributed by atoms with van der Waals surface area (Å²) < 4.78 is 1.01. The fraction of sp³-hybridized carbons (Fsp3) is 0.286. The Morgan fingerprint density at radius 2 is 2.16 bits per heavy atom. The molecule has 2 rings (SSSR count). The molecule has 0 amide bonds. The predicted molar refractivity (Wildman–Crippen MR) is 80.1 cm³/mol. The Morgan fingerprint density at radius 1 is 1.37 bits per heavy atom. The third-order valence-electron chi connectivity index (χ3n) is 2.79. The predicted octanol–water partition coefficient (Wildman–Crippen LogP) is 2.62. The SMILES string of the molecule is CCNCc1cc(=O)[nH]c(-c2ccc(Br)cc2C)n1. The van der Waals surface area contributed by atoms with Gasteiger partial charge in [-0.1, -0.05) is 22.9 Å². The molecule has 0 aliphatic heterocycles. The molecule has 2 aromatic rings. The standard InChI is InChI=1S/C14H16BrN3O/c1-3-16-8-11-7-13(19)18-14(17-11)12-5-4-10(15)6-9(12)2/h4-7,16H,3,8H2,1-2H3,(H,17,18,19). The molecule has 19 heavy (non-hydrogen) atoms. The minimum Gasteiger partial charge on any atom is -0.311 e. The molecule has 0 atom stereocenters. The average molecular weight is 322 g/mol. The fourth-order valence-electron chi connectivity index (χ4n) is 1.87. The molecule has 0 spiro atoms. The van der Waals surface area contributed by atoms with E-state index in [1.165, 1.54) is 6.07 Å². The number of halogens is 1. The molecule has 0 aliphatic rings. The van der Waals surface area contributed by atoms with Crippen molar-refractivity contribution >= 4 is 15.9 Å². The highest BCUT2D eigenvalue weighted by atomic mass is 79.9. The summed E-state index contributed by atoms with van der Waals surface area (Å²) in [7, 11) is 0. The highest BCUT2D eigenvalue weighted by molar-refractivity contribution is 9.10. The van der Waals surface area contributed by atoms with E-state index >= 15 is 0 Å². The minimum atomic E-state index is -0.125. The smallest absolute Gasteiger partial charge is 0.251 e. The van der Waals surface area contributed by atoms with Crippen LogP contribution in [0.1, 0.15) is 18.2 Å². The van der Waals surface area contributed by atoms with Gasteiger partial charge in [-0.3, -0.25) is 4.79 Å². The lowest BCUT2D eigenvalue weighted by molar-refractivity contribution is 0.708. The minimum absolute atomic E-state index is 0.125. The van der Waals surface area contributed by atoms with Crippen LogP contribution in [-0.4, -0.2) is 16.5 Å². The number of H-pyrrole nitrogens is 1. The summed E-state index contributed by atoms with van der Waals surface area (Å²) in [5.41, 5.74) is 2.64. The third-order valence-corrected chi connectivity index (χ3v) is 3.29. The van der Waals surface area contributed by atoms with Crippen molar-refractivity contribution in [2.24, 2.45) is 0 Å². The van der Waals surface area contributed by atoms with Crippen LogP contribution in [0.5, 0.6) is 0 Å². The van der Waals surface area contributed by atoms with E-state index in [1.54, 1.807) is 0 Å². The van der Waals surface area contributed by atoms with Crippen LogP contribution in [0.3, 0.4) is 0 Å². The summed E-state index contributed by atoms with van der Waals surface area (Å²) in [5.74, 6) is 0.616. The van der Waals surface area contributed by atoms with Gasteiger partial charge in [0.2, 0.25) is 0 Å². The van der Waals surface area contributed by atoms with Crippen molar-refractivity contribution in [1.82, 2.24) is 15.3 Å². The van der Waals surface area contributed by atoms with Gasteiger partial charge in [0.25, 0.3) is 5.56 Å². The van der Waals surface area contributed by atoms with Gasteiger partial charge in [0, 0.05) is 22.6 Å². The molecule has 1 aromatic heterocycles. The van der Waals surface area contributed by atoms with E-state index in [9.17, 15) is 4.79 Å². The highest BCUT2D eigenvalue weighted by Gasteiger charge is 2.07. The maximum absolute atomic E-state index is 11.7. The number of hydrogen-bond acceptors (Lipinski definition) is 3. The molecule has 2 N–H and O–H groups in total. The molecule has 1 heterocycles. The van der Waals surface area contributed by atoms with Gasteiger partial charge in [0.15, 0.2) is 0 Å². The summed E-state index contributed by atoms with van der Waals surface area (Å²) in [4.78, 5) is 19.0. The Kier molecular flexibility index (Phi) is 4.50. The first-order valence-electron chi connectivity index (χ1n) is 6.17. The van der Waals surface area contributed by atoms with E-state index in [1.807, 2.05) is 32.0 Å². The molecule has 0 bridgehead atoms. The first-order valence-corrected chi connectivity index (χ1v) is 6.97. The summed E-state index contributed by atoms with van der Waals surface area (Å²) in [6.45, 7) is 5.47. The number of nitrogens with one attached hydrogen (secondary N) is 2. The van der Waals surface area contributed by atoms with Crippen LogP contribution in [0.15, 0.2) is 33.5 Å². The van der Waals surface area contributed by atoms with Crippen LogP contribution >= 0.6 is 15.9 Å². The summed E-state index contributed by atoms with van der Waals surface area (Å²) in [6.07, 6.45) is 0. The van der Waals surface area contributed by atoms with Crippen molar-refractivity contribution in [1.29, 1.82) is 0 Å². The normalized spacial score (nSPS) is 10.7. The van der Waals surface area contributed by atoms with Crippen molar-refractivity contribution in [3.05, 3.63) is 50.3 Å². The highest BCUT2D eigenvalue weighted by Crippen LogP contribution is 2.22. The van der Waals surface area contributed by atoms with Crippen LogP contribution in [0.25, 0.3) is 11.4 Å². The van der Waals surface area contributed by atoms with Crippen LogP contribution in [0.4, 0.5) is 0 Å². The van der Waals surface area contributed by atoms with Crippen LogP contribution in [-0.2, 0) is 6.54 Å². The molecular formula is C14H16BrN3O. The molecule has 0 fully saturated rings. The quantitative estimate of drug-likeness (QED) is 0.910. The van der Waals surface area contributed by atoms with Gasteiger partial charge in [-0.25, -0.2) is 4.98 Å². The van der Waals surface area contributed by atoms with E-state index in [-0.39, 0.29) is 5.56 Å². The summed E-state index contributed by atoms with van der Waals surface area (Å²) >= 11 is 3.43. The van der Waals surface area contributed by atoms with Crippen LogP contribution in [0.2, 0.25) is 0 Å². The molecular weight excluding hydrogens is 306 g/mol. The van der Waals surface area contributed by atoms with E-state index in [0.717, 1.165) is 27.8 Å². The van der Waals surface area contributed by atoms with Gasteiger partial charge < -0.3 is 10.3 Å². The van der Waals surface area contributed by atoms with Gasteiger partial charge in [-0.15, -0.1) is 0 Å². The van der Waals surface area contributed by atoms with E-state index in [4.69, 9.17) is 0 Å². The van der Waals surface area contributed by atoms with Gasteiger partial charge in [0.1, 0.15) is 5.82 Å². The molecule has 1 aromatic carbocycles. The number of benzene rings is 1. The lowest BCUT2D eigenvalue weighted by Crippen LogP contribution is -2.17. The molecule has 0 saturated carbocycles. The number of aromatic nitrogens is 2. The van der Waals surface area contributed by atoms with Crippen LogP contribution < -0.4 is 10.9 Å². The van der Waals surface area contributed by atoms with Gasteiger partial charge in [-0.05, 0) is 37.2 Å². The largest absolute Gasteiger partial charge is 0.311 e. The molecule has 0 aliphatic carbocycles. The lowest BCUT2D eigenvalue weighted by Gasteiger charge is -2.08. The van der Waals surface area contributed by atoms with Crippen molar-refractivity contribution in [3.63, 3.8) is 0 Å². The second-order valence-corrected chi connectivity index (χ2v) is 5.24. The maximum Gasteiger partial charge on any atom is 0.251 e. The second kappa shape index (κ2) is 6.12. The average Bonchev–Trinajstić information content (AvgIpc) is 2.35. The number of hydrogen-bond donors (Lipinski definition) is 2. The van der Waals surface area contributed by atoms with Gasteiger partial charge >= 0.3 is 0 Å². The molecule has 0 saturated heterocycles. The van der Waals surface area contributed by atoms with Crippen molar-refractivity contribution in [3.8, 4) is 11.4 Å². The van der Waals surface area contributed by atoms with E-state index in [0.29, 0.717) is 12.4 Å². The van der Waals surface area contributed by atoms with Crippen molar-refractivity contribution in [2.45, 2.75) is 20.4 Å². The zero-order valence-corrected chi connectivity index (χ0v) is 12.5. The monoisotopic (exact) mass is 321 g/mol. The third kappa shape index (κ3) is 3.52. The zero-order chi connectivity index (χ0) is 13.8. The Morgan fingerprint density at radius 3 is 2.84 bits per heavy atom. The molecule has 100 valence electrons. The van der Waals surface area contributed by atoms with Crippen molar-refractivity contribution < 1.29 is 0 Å². The molecule has 4 nitrogen and oxygen atoms in total. The van der Waals surface area contributed by atoms with Gasteiger partial charge in [0.05, 0.1) is 5.69 Å². The Balaban J connectivity index is 2.44. The number of nitrogens with zero attached hydrogens (tertiary/aromatic N) is 1. The van der Waals surface area contributed by atoms with E-state index in [2.05, 4.69) is 31.2 Å². The Hall–Kier alpha value is -1.46. The summed E-state index contributed by atoms with van der Waals surface area (Å²) in [6, 6.07) is 7.43. The molecule has 0 unspecified atom stereocenters.